The van der Waals surface area contributed by atoms with Crippen molar-refractivity contribution >= 4 is 27.6 Å². The highest BCUT2D eigenvalue weighted by atomic mass is 16.4. The molecule has 0 amide bonds. The lowest BCUT2D eigenvalue weighted by atomic mass is 10.1. The standard InChI is InChI=1S/C15H13NO2/c1-16(2)14-9-13(17)12-8-7-10-5-3-4-6-11(10)15(12)18-14/h3-9H,1-2H3. The van der Waals surface area contributed by atoms with Crippen LogP contribution in [0, 0.1) is 0 Å². The summed E-state index contributed by atoms with van der Waals surface area (Å²) < 4.78 is 5.84. The molecule has 2 aromatic carbocycles. The summed E-state index contributed by atoms with van der Waals surface area (Å²) in [7, 11) is 3.71. The molecular weight excluding hydrogens is 226 g/mol. The van der Waals surface area contributed by atoms with Crippen LogP contribution in [0.15, 0.2) is 51.7 Å². The molecule has 1 heterocycles. The molecule has 0 N–H and O–H groups in total. The Labute approximate surface area is 104 Å². The number of fused-ring (bicyclic) bond motifs is 3. The van der Waals surface area contributed by atoms with E-state index in [-0.39, 0.29) is 5.43 Å². The monoisotopic (exact) mass is 239 g/mol. The molecule has 3 nitrogen and oxygen atoms in total. The van der Waals surface area contributed by atoms with Gasteiger partial charge < -0.3 is 9.32 Å². The third-order valence-corrected chi connectivity index (χ3v) is 3.05. The molecule has 3 heteroatoms. The van der Waals surface area contributed by atoms with Gasteiger partial charge in [0, 0.05) is 25.5 Å². The lowest BCUT2D eigenvalue weighted by molar-refractivity contribution is 0.601. The zero-order chi connectivity index (χ0) is 12.7. The molecule has 0 spiro atoms. The summed E-state index contributed by atoms with van der Waals surface area (Å²) in [5.74, 6) is 0.573. The van der Waals surface area contributed by atoms with Crippen molar-refractivity contribution < 1.29 is 4.42 Å². The molecule has 0 saturated heterocycles. The van der Waals surface area contributed by atoms with Gasteiger partial charge in [0.2, 0.25) is 0 Å². The van der Waals surface area contributed by atoms with Crippen LogP contribution in [0.2, 0.25) is 0 Å². The van der Waals surface area contributed by atoms with E-state index in [1.807, 2.05) is 50.5 Å². The van der Waals surface area contributed by atoms with Crippen LogP contribution in [0.4, 0.5) is 5.88 Å². The highest BCUT2D eigenvalue weighted by molar-refractivity contribution is 6.04. The number of hydrogen-bond donors (Lipinski definition) is 0. The Kier molecular flexibility index (Phi) is 2.33. The summed E-state index contributed by atoms with van der Waals surface area (Å²) >= 11 is 0. The van der Waals surface area contributed by atoms with Crippen molar-refractivity contribution in [3.05, 3.63) is 52.7 Å². The van der Waals surface area contributed by atoms with Crippen LogP contribution in [0.3, 0.4) is 0 Å². The summed E-state index contributed by atoms with van der Waals surface area (Å²) in [6.45, 7) is 0. The zero-order valence-electron chi connectivity index (χ0n) is 10.3. The van der Waals surface area contributed by atoms with Gasteiger partial charge in [0.05, 0.1) is 5.39 Å². The van der Waals surface area contributed by atoms with Gasteiger partial charge in [-0.05, 0) is 11.5 Å². The van der Waals surface area contributed by atoms with Crippen LogP contribution in [0.1, 0.15) is 0 Å². The van der Waals surface area contributed by atoms with E-state index in [1.54, 1.807) is 4.90 Å². The molecule has 3 aromatic rings. The average Bonchev–Trinajstić information content (AvgIpc) is 2.38. The van der Waals surface area contributed by atoms with Crippen LogP contribution >= 0.6 is 0 Å². The molecule has 3 rings (SSSR count). The minimum atomic E-state index is -0.00861. The van der Waals surface area contributed by atoms with E-state index in [0.717, 1.165) is 10.8 Å². The van der Waals surface area contributed by atoms with Gasteiger partial charge >= 0.3 is 0 Å². The predicted molar refractivity (Wildman–Crippen MR) is 74.3 cm³/mol. The maximum atomic E-state index is 12.1. The maximum Gasteiger partial charge on any atom is 0.199 e. The Morgan fingerprint density at radius 1 is 1.00 bits per heavy atom. The molecule has 0 aliphatic rings. The number of benzene rings is 2. The first-order valence-corrected chi connectivity index (χ1v) is 5.80. The van der Waals surface area contributed by atoms with E-state index in [2.05, 4.69) is 0 Å². The average molecular weight is 239 g/mol. The Bertz CT molecular complexity index is 787. The number of nitrogens with zero attached hydrogens (tertiary/aromatic N) is 1. The largest absolute Gasteiger partial charge is 0.440 e. The second-order valence-electron chi connectivity index (χ2n) is 4.51. The molecule has 0 saturated carbocycles. The minimum Gasteiger partial charge on any atom is -0.440 e. The summed E-state index contributed by atoms with van der Waals surface area (Å²) in [6.07, 6.45) is 0. The van der Waals surface area contributed by atoms with Gasteiger partial charge in [0.25, 0.3) is 0 Å². The van der Waals surface area contributed by atoms with Crippen molar-refractivity contribution in [3.63, 3.8) is 0 Å². The van der Waals surface area contributed by atoms with Crippen molar-refractivity contribution in [2.24, 2.45) is 0 Å². The van der Waals surface area contributed by atoms with Crippen LogP contribution < -0.4 is 10.3 Å². The fourth-order valence-corrected chi connectivity index (χ4v) is 2.09. The summed E-state index contributed by atoms with van der Waals surface area (Å²) in [5.41, 5.74) is 0.648. The number of anilines is 1. The first-order valence-electron chi connectivity index (χ1n) is 5.80. The molecule has 0 atom stereocenters. The first kappa shape index (κ1) is 10.8. The smallest absolute Gasteiger partial charge is 0.199 e. The second kappa shape index (κ2) is 3.88. The van der Waals surface area contributed by atoms with Gasteiger partial charge in [-0.15, -0.1) is 0 Å². The predicted octanol–water partition coefficient (Wildman–Crippen LogP) is 3.01. The van der Waals surface area contributed by atoms with E-state index in [0.29, 0.717) is 16.9 Å². The maximum absolute atomic E-state index is 12.1. The molecule has 18 heavy (non-hydrogen) atoms. The third-order valence-electron chi connectivity index (χ3n) is 3.05. The Balaban J connectivity index is 2.52. The summed E-state index contributed by atoms with van der Waals surface area (Å²) in [5, 5.41) is 2.67. The fraction of sp³-hybridized carbons (Fsp3) is 0.133. The minimum absolute atomic E-state index is 0.00861. The molecule has 0 bridgehead atoms. The van der Waals surface area contributed by atoms with Gasteiger partial charge in [-0.25, -0.2) is 0 Å². The lowest BCUT2D eigenvalue weighted by Gasteiger charge is -2.11. The number of hydrogen-bond acceptors (Lipinski definition) is 3. The molecule has 90 valence electrons. The Hall–Kier alpha value is -2.29. The van der Waals surface area contributed by atoms with E-state index in [4.69, 9.17) is 4.42 Å². The normalized spacial score (nSPS) is 11.0. The van der Waals surface area contributed by atoms with Gasteiger partial charge in [-0.3, -0.25) is 4.79 Å². The first-order chi connectivity index (χ1) is 8.66. The topological polar surface area (TPSA) is 33.5 Å². The van der Waals surface area contributed by atoms with Crippen LogP contribution in [-0.4, -0.2) is 14.1 Å². The van der Waals surface area contributed by atoms with Crippen molar-refractivity contribution in [2.45, 2.75) is 0 Å². The quantitative estimate of drug-likeness (QED) is 0.612. The molecular formula is C15H13NO2. The SMILES string of the molecule is CN(C)c1cc(=O)c2ccc3ccccc3c2o1. The summed E-state index contributed by atoms with van der Waals surface area (Å²) in [4.78, 5) is 13.9. The van der Waals surface area contributed by atoms with E-state index >= 15 is 0 Å². The fourth-order valence-electron chi connectivity index (χ4n) is 2.09. The molecule has 0 radical (unpaired) electrons. The van der Waals surface area contributed by atoms with Crippen molar-refractivity contribution in [3.8, 4) is 0 Å². The highest BCUT2D eigenvalue weighted by Gasteiger charge is 2.08. The van der Waals surface area contributed by atoms with E-state index in [1.165, 1.54) is 6.07 Å². The summed E-state index contributed by atoms with van der Waals surface area (Å²) in [6, 6.07) is 13.2. The third kappa shape index (κ3) is 1.56. The molecule has 0 unspecified atom stereocenters. The van der Waals surface area contributed by atoms with Gasteiger partial charge in [-0.1, -0.05) is 30.3 Å². The van der Waals surface area contributed by atoms with Crippen LogP contribution in [-0.2, 0) is 0 Å². The van der Waals surface area contributed by atoms with Crippen molar-refractivity contribution in [1.82, 2.24) is 0 Å². The molecule has 1 aromatic heterocycles. The molecule has 0 fully saturated rings. The Morgan fingerprint density at radius 3 is 2.56 bits per heavy atom. The van der Waals surface area contributed by atoms with Gasteiger partial charge in [0.15, 0.2) is 11.3 Å². The zero-order valence-corrected chi connectivity index (χ0v) is 10.3. The molecule has 0 aliphatic carbocycles. The lowest BCUT2D eigenvalue weighted by Crippen LogP contribution is -2.12. The Morgan fingerprint density at radius 2 is 1.78 bits per heavy atom. The second-order valence-corrected chi connectivity index (χ2v) is 4.51. The van der Waals surface area contributed by atoms with Crippen LogP contribution in [0.25, 0.3) is 21.7 Å². The molecule has 0 aliphatic heterocycles. The van der Waals surface area contributed by atoms with Crippen molar-refractivity contribution in [1.29, 1.82) is 0 Å². The van der Waals surface area contributed by atoms with E-state index < -0.39 is 0 Å². The van der Waals surface area contributed by atoms with Crippen LogP contribution in [0.5, 0.6) is 0 Å². The van der Waals surface area contributed by atoms with Gasteiger partial charge in [0.1, 0.15) is 5.58 Å². The highest BCUT2D eigenvalue weighted by Crippen LogP contribution is 2.26. The van der Waals surface area contributed by atoms with Gasteiger partial charge in [-0.2, -0.15) is 0 Å². The number of rotatable bonds is 1. The van der Waals surface area contributed by atoms with E-state index in [9.17, 15) is 4.79 Å². The van der Waals surface area contributed by atoms with Crippen molar-refractivity contribution in [2.75, 3.05) is 19.0 Å².